The summed E-state index contributed by atoms with van der Waals surface area (Å²) in [5, 5.41) is 19.8. The maximum Gasteiger partial charge on any atom is 0.305 e. The fraction of sp³-hybridized carbons (Fsp3) is 0.412. The number of amides is 1. The van der Waals surface area contributed by atoms with E-state index in [1.807, 2.05) is 30.3 Å². The van der Waals surface area contributed by atoms with Crippen LogP contribution in [0, 0.1) is 0 Å². The zero-order chi connectivity index (χ0) is 17.0. The molecule has 0 aliphatic heterocycles. The second-order valence-corrected chi connectivity index (χ2v) is 6.12. The number of hydrogen-bond donors (Lipinski definition) is 2. The van der Waals surface area contributed by atoms with Gasteiger partial charge in [-0.1, -0.05) is 18.2 Å². The van der Waals surface area contributed by atoms with Crippen LogP contribution < -0.4 is 5.32 Å². The largest absolute Gasteiger partial charge is 0.481 e. The van der Waals surface area contributed by atoms with Crippen LogP contribution in [0.5, 0.6) is 0 Å². The lowest BCUT2D eigenvalue weighted by Gasteiger charge is -2.41. The average molecular weight is 329 g/mol. The molecule has 0 radical (unpaired) electrons. The van der Waals surface area contributed by atoms with Gasteiger partial charge in [0.15, 0.2) is 0 Å². The average Bonchev–Trinajstić information content (AvgIpc) is 3.00. The minimum absolute atomic E-state index is 0.0303. The molecule has 0 unspecified atom stereocenters. The molecule has 0 atom stereocenters. The van der Waals surface area contributed by atoms with Crippen molar-refractivity contribution < 1.29 is 19.1 Å². The molecule has 24 heavy (non-hydrogen) atoms. The molecule has 3 rings (SSSR count). The van der Waals surface area contributed by atoms with E-state index in [2.05, 4.69) is 15.5 Å². The lowest BCUT2D eigenvalue weighted by atomic mass is 9.74. The lowest BCUT2D eigenvalue weighted by molar-refractivity contribution is -0.140. The molecule has 0 spiro atoms. The summed E-state index contributed by atoms with van der Waals surface area (Å²) in [6.45, 7) is 0. The van der Waals surface area contributed by atoms with E-state index in [1.165, 1.54) is 0 Å². The first-order valence-electron chi connectivity index (χ1n) is 7.97. The Balaban J connectivity index is 1.53. The Morgan fingerprint density at radius 1 is 1.21 bits per heavy atom. The van der Waals surface area contributed by atoms with Crippen LogP contribution in [0.2, 0.25) is 0 Å². The smallest absolute Gasteiger partial charge is 0.305 e. The fourth-order valence-electron chi connectivity index (χ4n) is 2.87. The fourth-order valence-corrected chi connectivity index (χ4v) is 2.87. The van der Waals surface area contributed by atoms with Crippen molar-refractivity contribution in [2.75, 3.05) is 0 Å². The van der Waals surface area contributed by atoms with Gasteiger partial charge < -0.3 is 14.8 Å². The van der Waals surface area contributed by atoms with E-state index in [1.54, 1.807) is 0 Å². The summed E-state index contributed by atoms with van der Waals surface area (Å²) in [6.07, 6.45) is 2.86. The topological polar surface area (TPSA) is 105 Å². The van der Waals surface area contributed by atoms with Gasteiger partial charge in [0.05, 0.1) is 12.0 Å². The van der Waals surface area contributed by atoms with Gasteiger partial charge in [-0.25, -0.2) is 0 Å². The Kier molecular flexibility index (Phi) is 4.59. The van der Waals surface area contributed by atoms with Gasteiger partial charge in [0, 0.05) is 18.4 Å². The predicted octanol–water partition coefficient (Wildman–Crippen LogP) is 2.18. The lowest BCUT2D eigenvalue weighted by Crippen LogP contribution is -2.54. The molecule has 2 aromatic rings. The summed E-state index contributed by atoms with van der Waals surface area (Å²) in [6, 6.07) is 9.41. The molecule has 0 bridgehead atoms. The summed E-state index contributed by atoms with van der Waals surface area (Å²) in [5.41, 5.74) is 0.253. The predicted molar refractivity (Wildman–Crippen MR) is 85.0 cm³/mol. The first-order valence-corrected chi connectivity index (χ1v) is 7.97. The van der Waals surface area contributed by atoms with Gasteiger partial charge in [-0.2, -0.15) is 0 Å². The summed E-state index contributed by atoms with van der Waals surface area (Å²) in [5.74, 6) is -0.257. The molecule has 1 saturated carbocycles. The molecule has 7 nitrogen and oxygen atoms in total. The second-order valence-electron chi connectivity index (χ2n) is 6.12. The minimum atomic E-state index is -0.889. The summed E-state index contributed by atoms with van der Waals surface area (Å²) < 4.78 is 5.56. The molecule has 1 aromatic carbocycles. The Hall–Kier alpha value is -2.70. The molecule has 1 aromatic heterocycles. The van der Waals surface area contributed by atoms with Gasteiger partial charge >= 0.3 is 5.97 Å². The highest BCUT2D eigenvalue weighted by molar-refractivity contribution is 5.78. The molecule has 1 aliphatic carbocycles. The van der Waals surface area contributed by atoms with E-state index in [9.17, 15) is 9.59 Å². The third-order valence-corrected chi connectivity index (χ3v) is 4.26. The van der Waals surface area contributed by atoms with Crippen LogP contribution in [0.25, 0.3) is 11.5 Å². The van der Waals surface area contributed by atoms with Gasteiger partial charge in [0.2, 0.25) is 17.7 Å². The second kappa shape index (κ2) is 6.82. The van der Waals surface area contributed by atoms with Gasteiger partial charge in [-0.3, -0.25) is 9.59 Å². The molecule has 0 saturated heterocycles. The molecule has 126 valence electrons. The van der Waals surface area contributed by atoms with E-state index < -0.39 is 11.5 Å². The molecule has 1 fully saturated rings. The number of aryl methyl sites for hydroxylation is 1. The van der Waals surface area contributed by atoms with Crippen molar-refractivity contribution in [2.24, 2.45) is 0 Å². The number of nitrogens with zero attached hydrogens (tertiary/aromatic N) is 2. The number of benzene rings is 1. The van der Waals surface area contributed by atoms with Crippen molar-refractivity contribution in [3.63, 3.8) is 0 Å². The van der Waals surface area contributed by atoms with Crippen LogP contribution in [-0.2, 0) is 16.0 Å². The maximum atomic E-state index is 12.1. The van der Waals surface area contributed by atoms with E-state index in [4.69, 9.17) is 9.52 Å². The first-order chi connectivity index (χ1) is 11.6. The monoisotopic (exact) mass is 329 g/mol. The third kappa shape index (κ3) is 3.79. The van der Waals surface area contributed by atoms with Crippen LogP contribution in [0.15, 0.2) is 34.7 Å². The molecule has 1 amide bonds. The highest BCUT2D eigenvalue weighted by Crippen LogP contribution is 2.35. The standard InChI is InChI=1S/C17H19N3O4/c21-13(18-17(9-4-10-17)11-15(22)23)7-8-14-19-20-16(24-14)12-5-2-1-3-6-12/h1-3,5-6H,4,7-11H2,(H,18,21)(H,22,23). The molecule has 7 heteroatoms. The summed E-state index contributed by atoms with van der Waals surface area (Å²) >= 11 is 0. The maximum absolute atomic E-state index is 12.1. The number of nitrogens with one attached hydrogen (secondary N) is 1. The number of hydrogen-bond acceptors (Lipinski definition) is 5. The SMILES string of the molecule is O=C(O)CC1(NC(=O)CCc2nnc(-c3ccccc3)o2)CCC1. The number of carbonyl (C=O) groups is 2. The minimum Gasteiger partial charge on any atom is -0.481 e. The van der Waals surface area contributed by atoms with Crippen molar-refractivity contribution in [1.29, 1.82) is 0 Å². The quantitative estimate of drug-likeness (QED) is 0.806. The zero-order valence-corrected chi connectivity index (χ0v) is 13.2. The van der Waals surface area contributed by atoms with Crippen LogP contribution >= 0.6 is 0 Å². The molecule has 1 heterocycles. The van der Waals surface area contributed by atoms with E-state index in [0.29, 0.717) is 31.0 Å². The van der Waals surface area contributed by atoms with E-state index >= 15 is 0 Å². The summed E-state index contributed by atoms with van der Waals surface area (Å²) in [7, 11) is 0. The van der Waals surface area contributed by atoms with Crippen LogP contribution in [0.3, 0.4) is 0 Å². The van der Waals surface area contributed by atoms with Crippen LogP contribution in [0.1, 0.15) is 38.0 Å². The van der Waals surface area contributed by atoms with E-state index in [-0.39, 0.29) is 18.7 Å². The zero-order valence-electron chi connectivity index (χ0n) is 13.2. The number of aromatic nitrogens is 2. The van der Waals surface area contributed by atoms with Crippen molar-refractivity contribution in [1.82, 2.24) is 15.5 Å². The normalized spacial score (nSPS) is 15.5. The molecule has 1 aliphatic rings. The number of carboxylic acid groups (broad SMARTS) is 1. The van der Waals surface area contributed by atoms with Crippen molar-refractivity contribution in [2.45, 2.75) is 44.1 Å². The third-order valence-electron chi connectivity index (χ3n) is 4.26. The highest BCUT2D eigenvalue weighted by atomic mass is 16.4. The highest BCUT2D eigenvalue weighted by Gasteiger charge is 2.40. The van der Waals surface area contributed by atoms with Crippen molar-refractivity contribution in [3.05, 3.63) is 36.2 Å². The van der Waals surface area contributed by atoms with Gasteiger partial charge in [-0.15, -0.1) is 10.2 Å². The number of carboxylic acids is 1. The number of aliphatic carboxylic acids is 1. The molecular weight excluding hydrogens is 310 g/mol. The van der Waals surface area contributed by atoms with Crippen molar-refractivity contribution >= 4 is 11.9 Å². The Morgan fingerprint density at radius 3 is 2.58 bits per heavy atom. The Bertz CT molecular complexity index is 722. The van der Waals surface area contributed by atoms with Gasteiger partial charge in [-0.05, 0) is 31.4 Å². The summed E-state index contributed by atoms with van der Waals surface area (Å²) in [4.78, 5) is 23.0. The van der Waals surface area contributed by atoms with Gasteiger partial charge in [0.1, 0.15) is 0 Å². The van der Waals surface area contributed by atoms with Crippen molar-refractivity contribution in [3.8, 4) is 11.5 Å². The Morgan fingerprint density at radius 2 is 1.96 bits per heavy atom. The Labute approximate surface area is 139 Å². The molecular formula is C17H19N3O4. The van der Waals surface area contributed by atoms with E-state index in [0.717, 1.165) is 12.0 Å². The van der Waals surface area contributed by atoms with Crippen LogP contribution in [-0.4, -0.2) is 32.7 Å². The molecule has 2 N–H and O–H groups in total. The van der Waals surface area contributed by atoms with Gasteiger partial charge in [0.25, 0.3) is 0 Å². The first kappa shape index (κ1) is 16.2. The number of rotatable bonds is 7. The number of carbonyl (C=O) groups excluding carboxylic acids is 1. The van der Waals surface area contributed by atoms with Crippen LogP contribution in [0.4, 0.5) is 0 Å².